The van der Waals surface area contributed by atoms with E-state index in [2.05, 4.69) is 269 Å². The lowest BCUT2D eigenvalue weighted by Crippen LogP contribution is -2.49. The Morgan fingerprint density at radius 1 is 0.197 bits per heavy atom. The summed E-state index contributed by atoms with van der Waals surface area (Å²) < 4.78 is 0. The summed E-state index contributed by atoms with van der Waals surface area (Å²) in [5, 5.41) is 24.4. The molecule has 0 nitrogen and oxygen atoms in total. The van der Waals surface area contributed by atoms with Crippen LogP contribution in [0.5, 0.6) is 0 Å². The van der Waals surface area contributed by atoms with Crippen molar-refractivity contribution >= 4 is 112 Å². The Morgan fingerprint density at radius 2 is 0.461 bits per heavy atom. The topological polar surface area (TPSA) is 0 Å². The van der Waals surface area contributed by atoms with Crippen LogP contribution >= 0.6 is 0 Å². The molecular weight excluding hydrogens is 945 g/mol. The minimum atomic E-state index is -2.13. The molecule has 2 heteroatoms. The lowest BCUT2D eigenvalue weighted by atomic mass is 9.85. The molecule has 14 aromatic carbocycles. The van der Waals surface area contributed by atoms with E-state index in [4.69, 9.17) is 0 Å². The summed E-state index contributed by atoms with van der Waals surface area (Å²) in [6.07, 6.45) is 0. The van der Waals surface area contributed by atoms with Crippen LogP contribution in [0.25, 0.3) is 142 Å². The molecule has 0 amide bonds. The van der Waals surface area contributed by atoms with Gasteiger partial charge in [-0.25, -0.2) is 0 Å². The first-order valence-electron chi connectivity index (χ1n) is 27.0. The van der Waals surface area contributed by atoms with Gasteiger partial charge in [0, 0.05) is 0 Å². The second kappa shape index (κ2) is 15.9. The molecule has 0 atom stereocenters. The third-order valence-corrected chi connectivity index (χ3v) is 25.0. The van der Waals surface area contributed by atoms with Crippen LogP contribution in [0.4, 0.5) is 0 Å². The van der Waals surface area contributed by atoms with Gasteiger partial charge in [0.1, 0.15) is 16.1 Å². The van der Waals surface area contributed by atoms with Crippen LogP contribution in [0.1, 0.15) is 0 Å². The summed E-state index contributed by atoms with van der Waals surface area (Å²) in [6.45, 7) is 10.3. The predicted molar refractivity (Wildman–Crippen MR) is 335 cm³/mol. The number of rotatable bonds is 4. The maximum absolute atomic E-state index is 2.60. The summed E-state index contributed by atoms with van der Waals surface area (Å²) in [7, 11) is -4.27. The Labute approximate surface area is 445 Å². The van der Waals surface area contributed by atoms with Gasteiger partial charge in [-0.05, 0) is 175 Å². The van der Waals surface area contributed by atoms with Crippen molar-refractivity contribution in [2.75, 3.05) is 0 Å². The molecule has 2 heterocycles. The van der Waals surface area contributed by atoms with Gasteiger partial charge in [-0.3, -0.25) is 0 Å². The molecule has 0 radical (unpaired) electrons. The van der Waals surface area contributed by atoms with Crippen molar-refractivity contribution in [1.29, 1.82) is 0 Å². The fraction of sp³-hybridized carbons (Fsp3) is 0.0541. The van der Waals surface area contributed by atoms with E-state index in [9.17, 15) is 0 Å². The van der Waals surface area contributed by atoms with Crippen LogP contribution in [-0.2, 0) is 0 Å². The molecule has 2 aliphatic heterocycles. The number of hydrogen-bond donors (Lipinski definition) is 0. The summed E-state index contributed by atoms with van der Waals surface area (Å²) in [6, 6.07) is 92.9. The van der Waals surface area contributed by atoms with E-state index >= 15 is 0 Å². The van der Waals surface area contributed by atoms with Crippen molar-refractivity contribution < 1.29 is 0 Å². The van der Waals surface area contributed by atoms with Gasteiger partial charge in [0.2, 0.25) is 0 Å². The van der Waals surface area contributed by atoms with Crippen LogP contribution in [0.15, 0.2) is 243 Å². The molecule has 0 spiro atoms. The monoisotopic (exact) mass is 996 g/mol. The first-order chi connectivity index (χ1) is 37.2. The lowest BCUT2D eigenvalue weighted by Gasteiger charge is -2.22. The smallest absolute Gasteiger partial charge is 0.0616 e. The van der Waals surface area contributed by atoms with Gasteiger partial charge < -0.3 is 0 Å². The molecule has 0 saturated carbocycles. The Balaban J connectivity index is 0.844. The minimum absolute atomic E-state index is 1.26. The Hall–Kier alpha value is -8.67. The molecule has 0 bridgehead atoms. The number of benzene rings is 14. The van der Waals surface area contributed by atoms with E-state index in [0.717, 1.165) is 0 Å². The van der Waals surface area contributed by atoms with Gasteiger partial charge >= 0.3 is 0 Å². The molecule has 0 fully saturated rings. The lowest BCUT2D eigenvalue weighted by molar-refractivity contribution is 1.67. The largest absolute Gasteiger partial charge is 0.113 e. The van der Waals surface area contributed by atoms with E-state index in [1.807, 2.05) is 0 Å². The van der Waals surface area contributed by atoms with Crippen molar-refractivity contribution in [3.8, 4) is 66.8 Å². The van der Waals surface area contributed by atoms with Crippen LogP contribution in [0.2, 0.25) is 26.2 Å². The van der Waals surface area contributed by atoms with Gasteiger partial charge in [0.05, 0.1) is 0 Å². The molecule has 0 aliphatic carbocycles. The van der Waals surface area contributed by atoms with Crippen LogP contribution in [-0.4, -0.2) is 16.1 Å². The van der Waals surface area contributed by atoms with E-state index in [1.54, 1.807) is 10.4 Å². The first-order valence-corrected chi connectivity index (χ1v) is 33.0. The van der Waals surface area contributed by atoms with Gasteiger partial charge in [0.25, 0.3) is 0 Å². The highest BCUT2D eigenvalue weighted by molar-refractivity contribution is 7.05. The van der Waals surface area contributed by atoms with Crippen molar-refractivity contribution in [3.63, 3.8) is 0 Å². The van der Waals surface area contributed by atoms with Gasteiger partial charge in [-0.1, -0.05) is 257 Å². The highest BCUT2D eigenvalue weighted by Crippen LogP contribution is 2.48. The van der Waals surface area contributed by atoms with Gasteiger partial charge in [-0.2, -0.15) is 0 Å². The third-order valence-electron chi connectivity index (χ3n) is 18.0. The maximum atomic E-state index is 2.60. The van der Waals surface area contributed by atoms with E-state index in [-0.39, 0.29) is 0 Å². The Morgan fingerprint density at radius 3 is 0.789 bits per heavy atom. The fourth-order valence-electron chi connectivity index (χ4n) is 14.4. The summed E-state index contributed by atoms with van der Waals surface area (Å²) in [5.74, 6) is 0. The number of fused-ring (bicyclic) bond motifs is 15. The Bertz CT molecular complexity index is 4460. The zero-order chi connectivity index (χ0) is 50.6. The molecule has 0 N–H and O–H groups in total. The van der Waals surface area contributed by atoms with Gasteiger partial charge in [0.15, 0.2) is 0 Å². The molecule has 14 aromatic rings. The van der Waals surface area contributed by atoms with Crippen molar-refractivity contribution in [1.82, 2.24) is 0 Å². The normalized spacial score (nSPS) is 14.0. The molecule has 0 unspecified atom stereocenters. The van der Waals surface area contributed by atoms with Crippen LogP contribution in [0, 0.1) is 0 Å². The zero-order valence-corrected chi connectivity index (χ0v) is 45.1. The highest BCUT2D eigenvalue weighted by Gasteiger charge is 2.42. The molecule has 16 rings (SSSR count). The summed E-state index contributed by atoms with van der Waals surface area (Å²) in [5.41, 5.74) is 16.1. The maximum Gasteiger partial charge on any atom is 0.113 e. The summed E-state index contributed by atoms with van der Waals surface area (Å²) >= 11 is 0. The molecule has 2 aliphatic rings. The van der Waals surface area contributed by atoms with Gasteiger partial charge in [-0.15, -0.1) is 0 Å². The van der Waals surface area contributed by atoms with E-state index in [1.165, 1.54) is 153 Å². The SMILES string of the molecule is C[Si]1(C)c2cc(-c3c4ccccc4c(-c4ccc5ccccc5c4)c4ccccc34)ccc2-c2c1ccc1c3c(ccc21)[Si](C)(C)c1cc(-c2c4ccccc4c(-c4ccc5ccccc5c4)c4ccccc24)ccc1-3. The molecule has 0 aromatic heterocycles. The second-order valence-corrected chi connectivity index (χ2v) is 31.3. The highest BCUT2D eigenvalue weighted by atomic mass is 28.3. The standard InChI is InChI=1S/C74H52Si2/c1-75(2)65-39-37-62-61(73(65)63-35-33-51(43-67(63)75)71-57-25-13-9-21-53(57)69(54-22-10-14-26-58(54)71)49-31-29-45-17-5-7-19-47(45)41-49)38-40-66-74(62)64-36-34-52(44-68(64)76(66,3)4)72-59-27-15-11-23-55(59)70(56-24-12-16-28-60(56)72)50-32-30-46-18-6-8-20-48(46)42-50/h5-44H,1-4H3. The first kappa shape index (κ1) is 43.7. The zero-order valence-electron chi connectivity index (χ0n) is 43.1. The van der Waals surface area contributed by atoms with Crippen molar-refractivity contribution in [2.24, 2.45) is 0 Å². The van der Waals surface area contributed by atoms with Crippen molar-refractivity contribution in [3.05, 3.63) is 243 Å². The van der Waals surface area contributed by atoms with E-state index in [0.29, 0.717) is 0 Å². The molecule has 0 saturated heterocycles. The van der Waals surface area contributed by atoms with E-state index < -0.39 is 16.1 Å². The minimum Gasteiger partial charge on any atom is -0.0616 e. The van der Waals surface area contributed by atoms with Crippen LogP contribution in [0.3, 0.4) is 0 Å². The third kappa shape index (κ3) is 6.05. The quantitative estimate of drug-likeness (QED) is 0.122. The average molecular weight is 997 g/mol. The molecular formula is C74H52Si2. The number of hydrogen-bond acceptors (Lipinski definition) is 0. The second-order valence-electron chi connectivity index (χ2n) is 22.6. The van der Waals surface area contributed by atoms with Crippen molar-refractivity contribution in [2.45, 2.75) is 26.2 Å². The molecule has 76 heavy (non-hydrogen) atoms. The van der Waals surface area contributed by atoms with Crippen LogP contribution < -0.4 is 20.7 Å². The Kier molecular flexibility index (Phi) is 9.16. The fourth-order valence-corrected chi connectivity index (χ4v) is 20.5. The predicted octanol–water partition coefficient (Wildman–Crippen LogP) is 18.0. The average Bonchev–Trinajstić information content (AvgIpc) is 4.05. The summed E-state index contributed by atoms with van der Waals surface area (Å²) in [4.78, 5) is 0. The molecule has 356 valence electrons.